The molecule has 2 nitrogen and oxygen atoms in total. The van der Waals surface area contributed by atoms with Crippen molar-refractivity contribution in [3.05, 3.63) is 41.5 Å². The Hall–Kier alpha value is -1.42. The van der Waals surface area contributed by atoms with E-state index in [1.807, 2.05) is 6.92 Å². The highest BCUT2D eigenvalue weighted by Gasteiger charge is 2.33. The Balaban J connectivity index is 1.49. The largest absolute Gasteiger partial charge is 0.490 e. The highest BCUT2D eigenvalue weighted by atomic mass is 19.2. The highest BCUT2D eigenvalue weighted by Crippen LogP contribution is 2.41. The van der Waals surface area contributed by atoms with E-state index in [9.17, 15) is 8.78 Å². The average Bonchev–Trinajstić information content (AvgIpc) is 2.78. The van der Waals surface area contributed by atoms with E-state index in [1.165, 1.54) is 12.8 Å². The zero-order valence-corrected chi connectivity index (χ0v) is 18.7. The van der Waals surface area contributed by atoms with Gasteiger partial charge in [0, 0.05) is 5.92 Å². The molecule has 1 aliphatic heterocycles. The summed E-state index contributed by atoms with van der Waals surface area (Å²) in [7, 11) is 0. The molecule has 2 aliphatic rings. The van der Waals surface area contributed by atoms with Crippen molar-refractivity contribution in [2.45, 2.75) is 90.1 Å². The van der Waals surface area contributed by atoms with Crippen LogP contribution in [-0.2, 0) is 4.74 Å². The smallest absolute Gasteiger partial charge is 0.200 e. The standard InChI is InChI=1S/C26H38F2O2/c1-3-5-7-8-19-9-15-23(30-18-19)21-12-10-20(11-13-21)22-14-16-24(26(28)25(22)27)29-17-6-4-2/h7-8,14,16,19-21,23H,3-6,9-13,15,17-18H2,1-2H3/b8-7+. The van der Waals surface area contributed by atoms with Gasteiger partial charge in [0.2, 0.25) is 5.82 Å². The molecule has 0 aromatic heterocycles. The maximum atomic E-state index is 14.7. The molecule has 0 spiro atoms. The number of halogens is 2. The highest BCUT2D eigenvalue weighted by molar-refractivity contribution is 5.33. The van der Waals surface area contributed by atoms with Crippen LogP contribution in [0, 0.1) is 23.5 Å². The summed E-state index contributed by atoms with van der Waals surface area (Å²) in [5, 5.41) is 0. The summed E-state index contributed by atoms with van der Waals surface area (Å²) in [5.41, 5.74) is 0.513. The van der Waals surface area contributed by atoms with Crippen LogP contribution in [0.2, 0.25) is 0 Å². The normalized spacial score (nSPS) is 27.5. The van der Waals surface area contributed by atoms with Gasteiger partial charge in [-0.05, 0) is 74.8 Å². The van der Waals surface area contributed by atoms with Gasteiger partial charge >= 0.3 is 0 Å². The zero-order chi connectivity index (χ0) is 21.3. The zero-order valence-electron chi connectivity index (χ0n) is 18.7. The average molecular weight is 421 g/mol. The Morgan fingerprint density at radius 3 is 2.47 bits per heavy atom. The third-order valence-electron chi connectivity index (χ3n) is 6.78. The maximum absolute atomic E-state index is 14.7. The molecule has 1 aliphatic carbocycles. The summed E-state index contributed by atoms with van der Waals surface area (Å²) in [6, 6.07) is 3.33. The van der Waals surface area contributed by atoms with Crippen LogP contribution in [0.4, 0.5) is 8.78 Å². The van der Waals surface area contributed by atoms with E-state index in [0.717, 1.165) is 58.0 Å². The number of hydrogen-bond donors (Lipinski definition) is 0. The van der Waals surface area contributed by atoms with Crippen molar-refractivity contribution in [2.24, 2.45) is 11.8 Å². The maximum Gasteiger partial charge on any atom is 0.200 e. The first kappa shape index (κ1) is 23.2. The fourth-order valence-electron chi connectivity index (χ4n) is 4.87. The van der Waals surface area contributed by atoms with E-state index >= 15 is 0 Å². The van der Waals surface area contributed by atoms with Crippen LogP contribution in [0.5, 0.6) is 5.75 Å². The molecule has 1 heterocycles. The second-order valence-electron chi connectivity index (χ2n) is 9.02. The van der Waals surface area contributed by atoms with E-state index in [4.69, 9.17) is 9.47 Å². The summed E-state index contributed by atoms with van der Waals surface area (Å²) >= 11 is 0. The minimum atomic E-state index is -0.830. The summed E-state index contributed by atoms with van der Waals surface area (Å²) < 4.78 is 40.7. The van der Waals surface area contributed by atoms with Gasteiger partial charge in [-0.2, -0.15) is 4.39 Å². The van der Waals surface area contributed by atoms with Crippen molar-refractivity contribution in [3.63, 3.8) is 0 Å². The predicted molar refractivity (Wildman–Crippen MR) is 118 cm³/mol. The van der Waals surface area contributed by atoms with Gasteiger partial charge in [-0.25, -0.2) is 4.39 Å². The molecule has 2 fully saturated rings. The van der Waals surface area contributed by atoms with E-state index < -0.39 is 11.6 Å². The number of unbranched alkanes of at least 4 members (excludes halogenated alkanes) is 2. The molecule has 1 aromatic carbocycles. The lowest BCUT2D eigenvalue weighted by molar-refractivity contribution is -0.0471. The van der Waals surface area contributed by atoms with Crippen LogP contribution in [0.1, 0.15) is 89.5 Å². The molecular weight excluding hydrogens is 382 g/mol. The van der Waals surface area contributed by atoms with Gasteiger partial charge < -0.3 is 9.47 Å². The molecule has 0 bridgehead atoms. The van der Waals surface area contributed by atoms with Crippen LogP contribution in [0.3, 0.4) is 0 Å². The van der Waals surface area contributed by atoms with Crippen LogP contribution in [-0.4, -0.2) is 19.3 Å². The molecule has 0 radical (unpaired) electrons. The number of allylic oxidation sites excluding steroid dienone is 1. The summed E-state index contributed by atoms with van der Waals surface area (Å²) in [4.78, 5) is 0. The third kappa shape index (κ3) is 6.06. The molecule has 0 amide bonds. The van der Waals surface area contributed by atoms with Crippen LogP contribution >= 0.6 is 0 Å². The first-order valence-corrected chi connectivity index (χ1v) is 12.0. The molecule has 1 saturated carbocycles. The first-order chi connectivity index (χ1) is 14.6. The minimum Gasteiger partial charge on any atom is -0.490 e. The van der Waals surface area contributed by atoms with Gasteiger partial charge in [-0.1, -0.05) is 44.9 Å². The topological polar surface area (TPSA) is 18.5 Å². The number of ether oxygens (including phenoxy) is 2. The van der Waals surface area contributed by atoms with E-state index in [0.29, 0.717) is 30.1 Å². The quantitative estimate of drug-likeness (QED) is 0.303. The summed E-state index contributed by atoms with van der Waals surface area (Å²) in [5.74, 6) is -0.317. The Kier molecular flexibility index (Phi) is 9.17. The van der Waals surface area contributed by atoms with E-state index in [2.05, 4.69) is 19.1 Å². The number of rotatable bonds is 9. The SMILES string of the molecule is CCC/C=C/C1CCC(C2CCC(c3ccc(OCCCC)c(F)c3F)CC2)OC1. The lowest BCUT2D eigenvalue weighted by Gasteiger charge is -2.37. The van der Waals surface area contributed by atoms with Gasteiger partial charge in [0.1, 0.15) is 0 Å². The lowest BCUT2D eigenvalue weighted by Crippen LogP contribution is -2.33. The summed E-state index contributed by atoms with van der Waals surface area (Å²) in [6.45, 7) is 5.49. The van der Waals surface area contributed by atoms with Crippen molar-refractivity contribution in [2.75, 3.05) is 13.2 Å². The monoisotopic (exact) mass is 420 g/mol. The molecular formula is C26H38F2O2. The molecule has 4 heteroatoms. The Morgan fingerprint density at radius 2 is 1.80 bits per heavy atom. The van der Waals surface area contributed by atoms with Gasteiger partial charge in [0.15, 0.2) is 11.6 Å². The van der Waals surface area contributed by atoms with Gasteiger partial charge in [0.05, 0.1) is 19.3 Å². The van der Waals surface area contributed by atoms with Gasteiger partial charge in [0.25, 0.3) is 0 Å². The number of benzene rings is 1. The van der Waals surface area contributed by atoms with Crippen LogP contribution in [0.15, 0.2) is 24.3 Å². The summed E-state index contributed by atoms with van der Waals surface area (Å²) in [6.07, 6.45) is 15.2. The van der Waals surface area contributed by atoms with Crippen molar-refractivity contribution < 1.29 is 18.3 Å². The van der Waals surface area contributed by atoms with Crippen molar-refractivity contribution >= 4 is 0 Å². The van der Waals surface area contributed by atoms with Crippen LogP contribution < -0.4 is 4.74 Å². The molecule has 3 rings (SSSR count). The predicted octanol–water partition coefficient (Wildman–Crippen LogP) is 7.57. The van der Waals surface area contributed by atoms with Crippen molar-refractivity contribution in [1.29, 1.82) is 0 Å². The van der Waals surface area contributed by atoms with Crippen molar-refractivity contribution in [3.8, 4) is 5.75 Å². The van der Waals surface area contributed by atoms with Gasteiger partial charge in [-0.3, -0.25) is 0 Å². The molecule has 0 N–H and O–H groups in total. The molecule has 2 unspecified atom stereocenters. The Labute approximate surface area is 181 Å². The van der Waals surface area contributed by atoms with Gasteiger partial charge in [-0.15, -0.1) is 0 Å². The first-order valence-electron chi connectivity index (χ1n) is 12.0. The van der Waals surface area contributed by atoms with Crippen molar-refractivity contribution in [1.82, 2.24) is 0 Å². The second kappa shape index (κ2) is 11.8. The second-order valence-corrected chi connectivity index (χ2v) is 9.02. The molecule has 168 valence electrons. The van der Waals surface area contributed by atoms with E-state index in [-0.39, 0.29) is 11.7 Å². The fraction of sp³-hybridized carbons (Fsp3) is 0.692. The lowest BCUT2D eigenvalue weighted by atomic mass is 9.75. The van der Waals surface area contributed by atoms with Crippen LogP contribution in [0.25, 0.3) is 0 Å². The molecule has 2 atom stereocenters. The molecule has 30 heavy (non-hydrogen) atoms. The van der Waals surface area contributed by atoms with E-state index in [1.54, 1.807) is 12.1 Å². The fourth-order valence-corrected chi connectivity index (χ4v) is 4.87. The Morgan fingerprint density at radius 1 is 1.00 bits per heavy atom. The third-order valence-corrected chi connectivity index (χ3v) is 6.78. The minimum absolute atomic E-state index is 0.0385. The molecule has 1 saturated heterocycles. The number of hydrogen-bond acceptors (Lipinski definition) is 2. The molecule has 1 aromatic rings. The Bertz CT molecular complexity index is 672.